The molecule has 0 fully saturated rings. The van der Waals surface area contributed by atoms with Gasteiger partial charge in [0.1, 0.15) is 5.82 Å². The monoisotopic (exact) mass is 328 g/mol. The van der Waals surface area contributed by atoms with E-state index in [-0.39, 0.29) is 6.03 Å². The molecular weight excluding hydrogens is 304 g/mol. The van der Waals surface area contributed by atoms with E-state index >= 15 is 0 Å². The molecule has 1 aromatic carbocycles. The Balaban J connectivity index is 1.53. The van der Waals surface area contributed by atoms with Gasteiger partial charge in [-0.25, -0.2) is 4.79 Å². The summed E-state index contributed by atoms with van der Waals surface area (Å²) in [7, 11) is 0. The summed E-state index contributed by atoms with van der Waals surface area (Å²) in [5.74, 6) is 1.84. The Labute approximate surface area is 141 Å². The fraction of sp³-hybridized carbons (Fsp3) is 0.471. The summed E-state index contributed by atoms with van der Waals surface area (Å²) in [6.45, 7) is 2.97. The third kappa shape index (κ3) is 3.91. The van der Waals surface area contributed by atoms with Crippen molar-refractivity contribution in [1.29, 1.82) is 0 Å². The molecule has 7 nitrogen and oxygen atoms in total. The van der Waals surface area contributed by atoms with Crippen molar-refractivity contribution in [3.05, 3.63) is 47.5 Å². The van der Waals surface area contributed by atoms with E-state index in [1.54, 1.807) is 4.90 Å². The summed E-state index contributed by atoms with van der Waals surface area (Å²) in [6.07, 6.45) is 2.88. The van der Waals surface area contributed by atoms with E-state index in [1.807, 2.05) is 18.2 Å². The average molecular weight is 328 g/mol. The van der Waals surface area contributed by atoms with Gasteiger partial charge in [0.2, 0.25) is 0 Å². The van der Waals surface area contributed by atoms with Gasteiger partial charge < -0.3 is 20.5 Å². The first kappa shape index (κ1) is 16.4. The van der Waals surface area contributed by atoms with Crippen molar-refractivity contribution in [2.75, 3.05) is 19.6 Å². The SMILES string of the molecule is NCCN(CCc1ccccc1)C(=O)NCc1nnc2n1CCC2. The van der Waals surface area contributed by atoms with E-state index in [1.165, 1.54) is 5.56 Å². The highest BCUT2D eigenvalue weighted by atomic mass is 16.2. The fourth-order valence-electron chi connectivity index (χ4n) is 2.99. The lowest BCUT2D eigenvalue weighted by Gasteiger charge is -2.22. The second-order valence-electron chi connectivity index (χ2n) is 5.96. The minimum atomic E-state index is -0.105. The van der Waals surface area contributed by atoms with Crippen LogP contribution in [0, 0.1) is 0 Å². The molecule has 0 bridgehead atoms. The normalized spacial score (nSPS) is 12.9. The van der Waals surface area contributed by atoms with Gasteiger partial charge in [-0.2, -0.15) is 0 Å². The molecule has 0 spiro atoms. The maximum atomic E-state index is 12.5. The fourth-order valence-corrected chi connectivity index (χ4v) is 2.99. The third-order valence-corrected chi connectivity index (χ3v) is 4.28. The van der Waals surface area contributed by atoms with Crippen LogP contribution in [0.3, 0.4) is 0 Å². The number of nitrogens with one attached hydrogen (secondary N) is 1. The molecule has 2 amide bonds. The third-order valence-electron chi connectivity index (χ3n) is 4.28. The van der Waals surface area contributed by atoms with Crippen molar-refractivity contribution >= 4 is 6.03 Å². The van der Waals surface area contributed by atoms with Crippen LogP contribution in [0.25, 0.3) is 0 Å². The maximum absolute atomic E-state index is 12.5. The summed E-state index contributed by atoms with van der Waals surface area (Å²) in [4.78, 5) is 14.2. The predicted octanol–water partition coefficient (Wildman–Crippen LogP) is 0.937. The van der Waals surface area contributed by atoms with Crippen molar-refractivity contribution in [3.8, 4) is 0 Å². The topological polar surface area (TPSA) is 89.1 Å². The average Bonchev–Trinajstić information content (AvgIpc) is 3.21. The quantitative estimate of drug-likeness (QED) is 0.791. The van der Waals surface area contributed by atoms with Crippen LogP contribution in [0.2, 0.25) is 0 Å². The lowest BCUT2D eigenvalue weighted by molar-refractivity contribution is 0.199. The Hall–Kier alpha value is -2.41. The Morgan fingerprint density at radius 1 is 1.25 bits per heavy atom. The van der Waals surface area contributed by atoms with Crippen molar-refractivity contribution in [2.24, 2.45) is 5.73 Å². The van der Waals surface area contributed by atoms with Crippen LogP contribution >= 0.6 is 0 Å². The van der Waals surface area contributed by atoms with Crippen molar-refractivity contribution in [1.82, 2.24) is 25.0 Å². The van der Waals surface area contributed by atoms with E-state index in [0.717, 1.165) is 37.5 Å². The van der Waals surface area contributed by atoms with Gasteiger partial charge in [-0.05, 0) is 18.4 Å². The molecule has 3 rings (SSSR count). The molecule has 0 atom stereocenters. The van der Waals surface area contributed by atoms with Gasteiger partial charge in [0.05, 0.1) is 6.54 Å². The minimum Gasteiger partial charge on any atom is -0.331 e. The van der Waals surface area contributed by atoms with Crippen LogP contribution in [0.15, 0.2) is 30.3 Å². The number of rotatable bonds is 7. The summed E-state index contributed by atoms with van der Waals surface area (Å²) >= 11 is 0. The minimum absolute atomic E-state index is 0.105. The number of urea groups is 1. The summed E-state index contributed by atoms with van der Waals surface area (Å²) < 4.78 is 2.09. The predicted molar refractivity (Wildman–Crippen MR) is 91.4 cm³/mol. The molecule has 128 valence electrons. The Kier molecular flexibility index (Phi) is 5.43. The van der Waals surface area contributed by atoms with Gasteiger partial charge >= 0.3 is 6.03 Å². The van der Waals surface area contributed by atoms with Crippen LogP contribution in [0.5, 0.6) is 0 Å². The van der Waals surface area contributed by atoms with Crippen molar-refractivity contribution in [3.63, 3.8) is 0 Å². The Morgan fingerprint density at radius 3 is 2.88 bits per heavy atom. The zero-order chi connectivity index (χ0) is 16.8. The molecule has 1 aromatic heterocycles. The van der Waals surface area contributed by atoms with Gasteiger partial charge in [-0.1, -0.05) is 30.3 Å². The van der Waals surface area contributed by atoms with Gasteiger partial charge in [0.25, 0.3) is 0 Å². The summed E-state index contributed by atoms with van der Waals surface area (Å²) in [5, 5.41) is 11.3. The highest BCUT2D eigenvalue weighted by Gasteiger charge is 2.18. The first-order chi connectivity index (χ1) is 11.8. The Morgan fingerprint density at radius 2 is 2.08 bits per heavy atom. The number of benzene rings is 1. The maximum Gasteiger partial charge on any atom is 0.317 e. The second-order valence-corrected chi connectivity index (χ2v) is 5.96. The number of hydrogen-bond acceptors (Lipinski definition) is 4. The number of fused-ring (bicyclic) bond motifs is 1. The number of amides is 2. The first-order valence-electron chi connectivity index (χ1n) is 8.45. The highest BCUT2D eigenvalue weighted by molar-refractivity contribution is 5.74. The number of nitrogens with two attached hydrogens (primary N) is 1. The molecule has 0 radical (unpaired) electrons. The van der Waals surface area contributed by atoms with Crippen LogP contribution in [-0.2, 0) is 25.9 Å². The summed E-state index contributed by atoms with van der Waals surface area (Å²) in [6, 6.07) is 10.0. The number of aromatic nitrogens is 3. The van der Waals surface area contributed by atoms with Crippen LogP contribution in [0.4, 0.5) is 4.79 Å². The number of hydrogen-bond donors (Lipinski definition) is 2. The van der Waals surface area contributed by atoms with E-state index in [2.05, 4.69) is 32.2 Å². The molecule has 2 aromatic rings. The molecular formula is C17H24N6O. The lowest BCUT2D eigenvalue weighted by Crippen LogP contribution is -2.43. The molecule has 7 heteroatoms. The Bertz CT molecular complexity index is 669. The molecule has 1 aliphatic heterocycles. The van der Waals surface area contributed by atoms with Gasteiger partial charge in [-0.15, -0.1) is 10.2 Å². The smallest absolute Gasteiger partial charge is 0.317 e. The van der Waals surface area contributed by atoms with E-state index in [0.29, 0.717) is 26.2 Å². The van der Waals surface area contributed by atoms with E-state index < -0.39 is 0 Å². The molecule has 3 N–H and O–H groups in total. The second kappa shape index (κ2) is 7.92. The number of carbonyl (C=O) groups excluding carboxylic acids is 1. The van der Waals surface area contributed by atoms with Crippen LogP contribution in [0.1, 0.15) is 23.6 Å². The molecule has 2 heterocycles. The van der Waals surface area contributed by atoms with E-state index in [9.17, 15) is 4.79 Å². The zero-order valence-electron chi connectivity index (χ0n) is 13.8. The highest BCUT2D eigenvalue weighted by Crippen LogP contribution is 2.13. The standard InChI is InChI=1S/C17H24N6O/c18-9-12-22(11-8-14-5-2-1-3-6-14)17(24)19-13-16-21-20-15-7-4-10-23(15)16/h1-3,5-6H,4,7-13,18H2,(H,19,24). The van der Waals surface area contributed by atoms with Gasteiger partial charge in [-0.3, -0.25) is 0 Å². The largest absolute Gasteiger partial charge is 0.331 e. The number of carbonyl (C=O) groups is 1. The molecule has 1 aliphatic rings. The molecule has 0 saturated heterocycles. The molecule has 0 unspecified atom stereocenters. The molecule has 24 heavy (non-hydrogen) atoms. The van der Waals surface area contributed by atoms with Gasteiger partial charge in [0, 0.05) is 32.6 Å². The zero-order valence-corrected chi connectivity index (χ0v) is 13.8. The molecule has 0 saturated carbocycles. The lowest BCUT2D eigenvalue weighted by atomic mass is 10.1. The van der Waals surface area contributed by atoms with Crippen LogP contribution in [-0.4, -0.2) is 45.3 Å². The first-order valence-corrected chi connectivity index (χ1v) is 8.45. The molecule has 0 aliphatic carbocycles. The van der Waals surface area contributed by atoms with E-state index in [4.69, 9.17) is 5.73 Å². The number of aryl methyl sites for hydroxylation is 1. The van der Waals surface area contributed by atoms with Gasteiger partial charge in [0.15, 0.2) is 5.82 Å². The van der Waals surface area contributed by atoms with Crippen LogP contribution < -0.4 is 11.1 Å². The van der Waals surface area contributed by atoms with Crippen molar-refractivity contribution < 1.29 is 4.79 Å². The van der Waals surface area contributed by atoms with Crippen molar-refractivity contribution in [2.45, 2.75) is 32.4 Å². The number of nitrogens with zero attached hydrogens (tertiary/aromatic N) is 4. The summed E-state index contributed by atoms with van der Waals surface area (Å²) in [5.41, 5.74) is 6.86.